The quantitative estimate of drug-likeness (QED) is 0.299. The van der Waals surface area contributed by atoms with Crippen molar-refractivity contribution in [2.24, 2.45) is 0 Å². The van der Waals surface area contributed by atoms with Crippen molar-refractivity contribution < 1.29 is 22.9 Å². The van der Waals surface area contributed by atoms with Crippen molar-refractivity contribution in [3.8, 4) is 40.0 Å². The van der Waals surface area contributed by atoms with Crippen molar-refractivity contribution >= 4 is 16.4 Å². The van der Waals surface area contributed by atoms with E-state index in [4.69, 9.17) is 10.2 Å². The van der Waals surface area contributed by atoms with Crippen LogP contribution in [0.1, 0.15) is 4.28 Å². The Bertz CT molecular complexity index is 1260. The van der Waals surface area contributed by atoms with Crippen molar-refractivity contribution in [1.82, 2.24) is 25.1 Å². The highest BCUT2D eigenvalue weighted by atomic mass is 32.3. The molecule has 2 heterocycles. The first kappa shape index (κ1) is 22.7. The number of hydrogen-bond donors (Lipinski definition) is 4. The molecule has 0 saturated heterocycles. The minimum absolute atomic E-state index is 0. The van der Waals surface area contributed by atoms with Crippen molar-refractivity contribution in [2.45, 2.75) is 4.90 Å². The summed E-state index contributed by atoms with van der Waals surface area (Å²) < 4.78 is 26.7. The number of nitrogens with two attached hydrogens (primary N) is 1. The molecule has 0 aliphatic carbocycles. The van der Waals surface area contributed by atoms with Gasteiger partial charge in [0.2, 0.25) is 5.89 Å². The fourth-order valence-corrected chi connectivity index (χ4v) is 4.43. The van der Waals surface area contributed by atoms with Crippen LogP contribution in [0.5, 0.6) is 5.75 Å². The highest BCUT2D eigenvalue weighted by molar-refractivity contribution is 8.24. The maximum absolute atomic E-state index is 10.5. The lowest BCUT2D eigenvalue weighted by Gasteiger charge is -2.33. The van der Waals surface area contributed by atoms with E-state index in [0.29, 0.717) is 28.3 Å². The maximum atomic E-state index is 10.5. The topological polar surface area (TPSA) is 155 Å². The van der Waals surface area contributed by atoms with Gasteiger partial charge in [-0.2, -0.15) is 10.6 Å². The molecule has 178 valence electrons. The van der Waals surface area contributed by atoms with Gasteiger partial charge in [-0.1, -0.05) is 12.1 Å². The van der Waals surface area contributed by atoms with Crippen molar-refractivity contribution in [3.63, 3.8) is 0 Å². The Labute approximate surface area is 196 Å². The monoisotopic (exact) mass is 474 g/mol. The summed E-state index contributed by atoms with van der Waals surface area (Å²) in [6.07, 6.45) is 1.52. The second-order valence-corrected chi connectivity index (χ2v) is 9.86. The van der Waals surface area contributed by atoms with Gasteiger partial charge in [-0.15, -0.1) is 10.2 Å². The van der Waals surface area contributed by atoms with E-state index < -0.39 is 10.6 Å². The molecule has 0 spiro atoms. The van der Waals surface area contributed by atoms with Crippen LogP contribution < -0.4 is 5.73 Å². The number of benzene rings is 2. The van der Waals surface area contributed by atoms with Crippen molar-refractivity contribution in [1.29, 1.82) is 0 Å². The van der Waals surface area contributed by atoms with Gasteiger partial charge in [0.1, 0.15) is 5.75 Å². The van der Waals surface area contributed by atoms with Crippen LogP contribution in [0.4, 0.5) is 5.82 Å². The molecule has 0 atom stereocenters. The largest absolute Gasteiger partial charge is 0.508 e. The van der Waals surface area contributed by atoms with Gasteiger partial charge >= 0.3 is 0 Å². The Hall–Kier alpha value is -3.51. The van der Waals surface area contributed by atoms with Gasteiger partial charge in [-0.3, -0.25) is 9.11 Å². The van der Waals surface area contributed by atoms with E-state index in [0.717, 1.165) is 0 Å². The molecule has 0 fully saturated rings. The molecule has 10 nitrogen and oxygen atoms in total. The van der Waals surface area contributed by atoms with E-state index >= 15 is 0 Å². The van der Waals surface area contributed by atoms with Gasteiger partial charge in [-0.25, -0.2) is 9.97 Å². The fourth-order valence-electron chi connectivity index (χ4n) is 3.01. The van der Waals surface area contributed by atoms with E-state index in [2.05, 4.69) is 20.2 Å². The summed E-state index contributed by atoms with van der Waals surface area (Å²) in [5.74, 6) is 0.884. The van der Waals surface area contributed by atoms with Crippen LogP contribution >= 0.6 is 10.6 Å². The Kier molecular flexibility index (Phi) is 6.29. The molecule has 4 rings (SSSR count). The van der Waals surface area contributed by atoms with Crippen LogP contribution in [0.2, 0.25) is 0 Å². The Morgan fingerprint density at radius 3 is 2.27 bits per heavy atom. The Balaban J connectivity index is 0.00000216. The van der Waals surface area contributed by atoms with Crippen molar-refractivity contribution in [2.75, 3.05) is 32.1 Å². The van der Waals surface area contributed by atoms with Crippen LogP contribution in [0.25, 0.3) is 34.3 Å². The summed E-state index contributed by atoms with van der Waals surface area (Å²) in [7, 11) is 0.879. The molecule has 0 radical (unpaired) electrons. The second-order valence-electron chi connectivity index (χ2n) is 7.65. The lowest BCUT2D eigenvalue weighted by Crippen LogP contribution is -2.20. The van der Waals surface area contributed by atoms with Crippen LogP contribution in [0.3, 0.4) is 0 Å². The normalized spacial score (nSPS) is 12.3. The zero-order valence-electron chi connectivity index (χ0n) is 18.1. The first-order valence-electron chi connectivity index (χ1n) is 10.00. The van der Waals surface area contributed by atoms with E-state index in [9.17, 15) is 14.2 Å². The number of aromatic hydroxyl groups is 1. The van der Waals surface area contributed by atoms with E-state index in [1.165, 1.54) is 18.3 Å². The summed E-state index contributed by atoms with van der Waals surface area (Å²) >= 11 is 0. The van der Waals surface area contributed by atoms with E-state index in [1.54, 1.807) is 36.4 Å². The molecule has 0 aliphatic heterocycles. The van der Waals surface area contributed by atoms with Crippen LogP contribution in [0.15, 0.2) is 64.0 Å². The smallest absolute Gasteiger partial charge is 0.270 e. The summed E-state index contributed by atoms with van der Waals surface area (Å²) in [5, 5.41) is 17.5. The number of phenols is 1. The molecule has 0 saturated carbocycles. The Morgan fingerprint density at radius 1 is 0.970 bits per heavy atom. The standard InChI is InChI=1S/C22H24N6O4S.3H2/c1-28(2)11-12-33(30,31)17-9-5-14(6-10-17)18-13-24-20(23)19(25-18)22-27-26-21(32-22)15-3-7-16(29)8-4-15;;;/h3-10,13,29-31H,11-12H2,1-2H3,(H2,23,24);3*1H. The zero-order valence-corrected chi connectivity index (χ0v) is 18.9. The number of anilines is 1. The third-order valence-corrected chi connectivity index (χ3v) is 6.67. The molecule has 11 heteroatoms. The van der Waals surface area contributed by atoms with E-state index in [-0.39, 0.29) is 39.1 Å². The molecule has 0 aliphatic rings. The molecule has 33 heavy (non-hydrogen) atoms. The molecule has 0 bridgehead atoms. The third-order valence-electron chi connectivity index (χ3n) is 4.89. The third kappa shape index (κ3) is 5.12. The lowest BCUT2D eigenvalue weighted by atomic mass is 10.1. The van der Waals surface area contributed by atoms with Crippen LogP contribution in [-0.4, -0.2) is 65.7 Å². The molecule has 0 amide bonds. The van der Waals surface area contributed by atoms with Crippen LogP contribution in [-0.2, 0) is 0 Å². The number of nitrogens with zero attached hydrogens (tertiary/aromatic N) is 5. The van der Waals surface area contributed by atoms with Gasteiger partial charge in [0.25, 0.3) is 5.89 Å². The Morgan fingerprint density at radius 2 is 1.61 bits per heavy atom. The minimum Gasteiger partial charge on any atom is -0.508 e. The summed E-state index contributed by atoms with van der Waals surface area (Å²) in [6.45, 7) is 0.563. The number of hydrogen-bond acceptors (Lipinski definition) is 10. The number of nitrogen functional groups attached to an aromatic ring is 1. The molecule has 4 aromatic rings. The highest BCUT2D eigenvalue weighted by Crippen LogP contribution is 2.48. The zero-order chi connectivity index (χ0) is 23.6. The van der Waals surface area contributed by atoms with Gasteiger partial charge < -0.3 is 20.2 Å². The highest BCUT2D eigenvalue weighted by Gasteiger charge is 2.18. The molecular weight excluding hydrogens is 444 g/mol. The molecule has 2 aromatic carbocycles. The van der Waals surface area contributed by atoms with Gasteiger partial charge in [0, 0.05) is 22.0 Å². The number of rotatable bonds is 7. The second kappa shape index (κ2) is 9.16. The SMILES string of the molecule is CN(C)CCS(O)(O)c1ccc(-c2cnc(N)c(-c3nnc(-c4ccc(O)cc4)o3)n2)cc1.[HH].[HH].[HH]. The predicted octanol–water partition coefficient (Wildman–Crippen LogP) is 4.56. The molecule has 0 unspecified atom stereocenters. The maximum Gasteiger partial charge on any atom is 0.270 e. The molecular formula is C22H30N6O4S. The van der Waals surface area contributed by atoms with E-state index in [1.807, 2.05) is 19.0 Å². The minimum atomic E-state index is -2.89. The van der Waals surface area contributed by atoms with Gasteiger partial charge in [-0.05, 0) is 50.5 Å². The molecule has 5 N–H and O–H groups in total. The summed E-state index contributed by atoms with van der Waals surface area (Å²) in [6, 6.07) is 13.2. The number of aromatic nitrogens is 4. The molecule has 2 aromatic heterocycles. The summed E-state index contributed by atoms with van der Waals surface area (Å²) in [4.78, 5) is 11.1. The number of phenolic OH excluding ortho intramolecular Hbond substituents is 1. The van der Waals surface area contributed by atoms with Gasteiger partial charge in [0.15, 0.2) is 11.5 Å². The first-order valence-corrected chi connectivity index (χ1v) is 11.7. The average Bonchev–Trinajstić information content (AvgIpc) is 3.29. The summed E-state index contributed by atoms with van der Waals surface area (Å²) in [5.41, 5.74) is 8.11. The average molecular weight is 475 g/mol. The lowest BCUT2D eigenvalue weighted by molar-refractivity contribution is 0.417. The fraction of sp³-hybridized carbons (Fsp3) is 0.182. The van der Waals surface area contributed by atoms with Gasteiger partial charge in [0.05, 0.1) is 22.5 Å². The first-order chi connectivity index (χ1) is 15.7. The van der Waals surface area contributed by atoms with Crippen LogP contribution in [0, 0.1) is 0 Å². The predicted molar refractivity (Wildman–Crippen MR) is 133 cm³/mol. The van der Waals surface area contributed by atoms with Crippen molar-refractivity contribution in [3.05, 3.63) is 54.7 Å².